The van der Waals surface area contributed by atoms with Crippen molar-refractivity contribution in [3.05, 3.63) is 87.8 Å². The summed E-state index contributed by atoms with van der Waals surface area (Å²) in [6.45, 7) is -0.165. The summed E-state index contributed by atoms with van der Waals surface area (Å²) in [4.78, 5) is 13.6. The number of benzene rings is 1. The van der Waals surface area contributed by atoms with Crippen LogP contribution in [0.3, 0.4) is 0 Å². The number of fused-ring (bicyclic) bond motifs is 1. The second kappa shape index (κ2) is 7.67. The van der Waals surface area contributed by atoms with E-state index in [0.29, 0.717) is 23.8 Å². The third kappa shape index (κ3) is 3.16. The van der Waals surface area contributed by atoms with Crippen LogP contribution in [-0.4, -0.2) is 29.1 Å². The van der Waals surface area contributed by atoms with E-state index < -0.39 is 12.2 Å². The van der Waals surface area contributed by atoms with E-state index in [1.165, 1.54) is 0 Å². The summed E-state index contributed by atoms with van der Waals surface area (Å²) in [6, 6.07) is 15.5. The highest BCUT2D eigenvalue weighted by atomic mass is 79.9. The first-order valence-electron chi connectivity index (χ1n) is 8.87. The molecular formula is C21H18BrFN4O. The molecule has 0 aliphatic carbocycles. The largest absolute Gasteiger partial charge is 0.478 e. The molecule has 7 heteroatoms. The van der Waals surface area contributed by atoms with Crippen molar-refractivity contribution in [1.29, 1.82) is 0 Å². The van der Waals surface area contributed by atoms with Gasteiger partial charge in [-0.25, -0.2) is 9.98 Å². The lowest BCUT2D eigenvalue weighted by Crippen LogP contribution is -2.25. The second-order valence-corrected chi connectivity index (χ2v) is 7.31. The minimum absolute atomic E-state index is 0.264. The molecule has 1 atom stereocenters. The summed E-state index contributed by atoms with van der Waals surface area (Å²) >= 11 is 3.55. The Morgan fingerprint density at radius 2 is 1.89 bits per heavy atom. The van der Waals surface area contributed by atoms with Gasteiger partial charge in [0, 0.05) is 34.9 Å². The molecule has 4 rings (SSSR count). The molecule has 1 aliphatic heterocycles. The summed E-state index contributed by atoms with van der Waals surface area (Å²) in [6.07, 6.45) is 3.69. The van der Waals surface area contributed by atoms with Crippen LogP contribution in [0.25, 0.3) is 0 Å². The number of aromatic nitrogens is 2. The van der Waals surface area contributed by atoms with E-state index in [4.69, 9.17) is 15.5 Å². The Hall–Kier alpha value is -2.80. The molecule has 28 heavy (non-hydrogen) atoms. The first-order valence-corrected chi connectivity index (χ1v) is 9.67. The molecule has 3 heterocycles. The Kier molecular flexibility index (Phi) is 5.09. The number of ether oxygens (including phenoxy) is 1. The van der Waals surface area contributed by atoms with Crippen molar-refractivity contribution in [3.8, 4) is 5.88 Å². The van der Waals surface area contributed by atoms with E-state index in [-0.39, 0.29) is 6.61 Å². The van der Waals surface area contributed by atoms with E-state index in [2.05, 4.69) is 25.9 Å². The minimum atomic E-state index is -0.863. The fourth-order valence-electron chi connectivity index (χ4n) is 3.46. The van der Waals surface area contributed by atoms with Crippen molar-refractivity contribution >= 4 is 21.8 Å². The van der Waals surface area contributed by atoms with Crippen LogP contribution in [0, 0.1) is 0 Å². The van der Waals surface area contributed by atoms with E-state index in [0.717, 1.165) is 21.2 Å². The first-order chi connectivity index (χ1) is 13.6. The van der Waals surface area contributed by atoms with Crippen LogP contribution in [0.4, 0.5) is 4.39 Å². The number of amidine groups is 1. The number of halogens is 2. The average molecular weight is 441 g/mol. The van der Waals surface area contributed by atoms with Crippen LogP contribution in [-0.2, 0) is 5.54 Å². The SMILES string of the molecule is NC1=NC(c2cccc(Br)c2)(c2ccnc(OCCCF)c2)c2cccnc21. The van der Waals surface area contributed by atoms with Crippen molar-refractivity contribution in [1.82, 2.24) is 9.97 Å². The molecule has 0 fully saturated rings. The molecule has 0 bridgehead atoms. The molecule has 1 unspecified atom stereocenters. The van der Waals surface area contributed by atoms with E-state index in [1.54, 1.807) is 12.4 Å². The number of hydrogen-bond donors (Lipinski definition) is 1. The van der Waals surface area contributed by atoms with Crippen LogP contribution in [0.2, 0.25) is 0 Å². The first kappa shape index (κ1) is 18.6. The van der Waals surface area contributed by atoms with Gasteiger partial charge in [-0.3, -0.25) is 9.37 Å². The third-order valence-electron chi connectivity index (χ3n) is 4.65. The zero-order chi connectivity index (χ0) is 19.6. The number of aliphatic imine (C=N–C) groups is 1. The Labute approximate surface area is 170 Å². The van der Waals surface area contributed by atoms with Crippen molar-refractivity contribution in [2.75, 3.05) is 13.3 Å². The van der Waals surface area contributed by atoms with Crippen molar-refractivity contribution < 1.29 is 9.13 Å². The number of nitrogens with two attached hydrogens (primary N) is 1. The highest BCUT2D eigenvalue weighted by Gasteiger charge is 2.44. The number of pyridine rings is 2. The number of nitrogens with zero attached hydrogens (tertiary/aromatic N) is 3. The smallest absolute Gasteiger partial charge is 0.213 e. The average Bonchev–Trinajstić information content (AvgIpc) is 3.02. The van der Waals surface area contributed by atoms with Gasteiger partial charge in [-0.2, -0.15) is 0 Å². The highest BCUT2D eigenvalue weighted by Crippen LogP contribution is 2.46. The predicted octanol–water partition coefficient (Wildman–Crippen LogP) is 3.99. The van der Waals surface area contributed by atoms with Crippen LogP contribution in [0.15, 0.2) is 70.4 Å². The molecule has 1 aliphatic rings. The van der Waals surface area contributed by atoms with Crippen LogP contribution < -0.4 is 10.5 Å². The van der Waals surface area contributed by atoms with Crippen molar-refractivity contribution in [2.24, 2.45) is 10.7 Å². The lowest BCUT2D eigenvalue weighted by Gasteiger charge is -2.29. The summed E-state index contributed by atoms with van der Waals surface area (Å²) in [7, 11) is 0. The maximum Gasteiger partial charge on any atom is 0.213 e. The molecule has 3 aromatic rings. The minimum Gasteiger partial charge on any atom is -0.478 e. The fraction of sp³-hybridized carbons (Fsp3) is 0.190. The molecule has 1 aromatic carbocycles. The molecular weight excluding hydrogens is 423 g/mol. The Morgan fingerprint density at radius 1 is 1.04 bits per heavy atom. The lowest BCUT2D eigenvalue weighted by molar-refractivity contribution is 0.279. The van der Waals surface area contributed by atoms with Crippen LogP contribution in [0.5, 0.6) is 5.88 Å². The predicted molar refractivity (Wildman–Crippen MR) is 109 cm³/mol. The molecule has 5 nitrogen and oxygen atoms in total. The fourth-order valence-corrected chi connectivity index (χ4v) is 3.86. The quantitative estimate of drug-likeness (QED) is 0.588. The number of rotatable bonds is 6. The van der Waals surface area contributed by atoms with Crippen molar-refractivity contribution in [3.63, 3.8) is 0 Å². The van der Waals surface area contributed by atoms with E-state index >= 15 is 0 Å². The van der Waals surface area contributed by atoms with Gasteiger partial charge in [0.1, 0.15) is 17.1 Å². The lowest BCUT2D eigenvalue weighted by atomic mass is 9.79. The topological polar surface area (TPSA) is 73.4 Å². The Morgan fingerprint density at radius 3 is 2.71 bits per heavy atom. The van der Waals surface area contributed by atoms with Gasteiger partial charge in [-0.1, -0.05) is 34.1 Å². The third-order valence-corrected chi connectivity index (χ3v) is 5.14. The molecule has 0 saturated heterocycles. The normalized spacial score (nSPS) is 17.9. The zero-order valence-corrected chi connectivity index (χ0v) is 16.6. The van der Waals surface area contributed by atoms with Crippen LogP contribution >= 0.6 is 15.9 Å². The molecule has 0 saturated carbocycles. The monoisotopic (exact) mass is 440 g/mol. The zero-order valence-electron chi connectivity index (χ0n) is 15.0. The summed E-state index contributed by atoms with van der Waals surface area (Å²) in [5.41, 5.74) is 8.75. The summed E-state index contributed by atoms with van der Waals surface area (Å²) < 4.78 is 19.0. The summed E-state index contributed by atoms with van der Waals surface area (Å²) in [5.74, 6) is 0.804. The molecule has 142 valence electrons. The van der Waals surface area contributed by atoms with E-state index in [9.17, 15) is 4.39 Å². The molecule has 0 spiro atoms. The van der Waals surface area contributed by atoms with Gasteiger partial charge in [0.15, 0.2) is 0 Å². The van der Waals surface area contributed by atoms with Gasteiger partial charge in [-0.05, 0) is 35.4 Å². The van der Waals surface area contributed by atoms with Gasteiger partial charge in [0.2, 0.25) is 5.88 Å². The Bertz CT molecular complexity index is 1040. The van der Waals surface area contributed by atoms with Gasteiger partial charge in [-0.15, -0.1) is 0 Å². The number of alkyl halides is 1. The molecule has 0 radical (unpaired) electrons. The molecule has 2 aromatic heterocycles. The number of hydrogen-bond acceptors (Lipinski definition) is 5. The molecule has 0 amide bonds. The van der Waals surface area contributed by atoms with Gasteiger partial charge in [0.05, 0.1) is 13.3 Å². The summed E-state index contributed by atoms with van der Waals surface area (Å²) in [5, 5.41) is 0. The maximum atomic E-state index is 12.4. The Balaban J connectivity index is 1.91. The maximum absolute atomic E-state index is 12.4. The van der Waals surface area contributed by atoms with Crippen molar-refractivity contribution in [2.45, 2.75) is 12.0 Å². The van der Waals surface area contributed by atoms with Gasteiger partial charge >= 0.3 is 0 Å². The molecule has 2 N–H and O–H groups in total. The van der Waals surface area contributed by atoms with Gasteiger partial charge < -0.3 is 10.5 Å². The highest BCUT2D eigenvalue weighted by molar-refractivity contribution is 9.10. The van der Waals surface area contributed by atoms with Crippen LogP contribution in [0.1, 0.15) is 28.8 Å². The van der Waals surface area contributed by atoms with Gasteiger partial charge in [0.25, 0.3) is 0 Å². The standard InChI is InChI=1S/C21H18BrFN4O/c22-16-5-1-4-14(12-16)21(17-6-2-9-26-19(17)20(24)27-21)15-7-10-25-18(13-15)28-11-3-8-23/h1-2,4-7,9-10,12-13H,3,8,11H2,(H2,24,27). The second-order valence-electron chi connectivity index (χ2n) is 6.39. The van der Waals surface area contributed by atoms with E-state index in [1.807, 2.05) is 48.5 Å².